The Hall–Kier alpha value is -1.71. The van der Waals surface area contributed by atoms with Gasteiger partial charge in [-0.25, -0.2) is 4.90 Å². The second kappa shape index (κ2) is 6.28. The van der Waals surface area contributed by atoms with Crippen LogP contribution >= 0.6 is 0 Å². The van der Waals surface area contributed by atoms with Crippen molar-refractivity contribution >= 4 is 17.7 Å². The fourth-order valence-electron chi connectivity index (χ4n) is 1.76. The smallest absolute Gasteiger partial charge is 0.259 e. The maximum atomic E-state index is 11.8. The third-order valence-corrected chi connectivity index (χ3v) is 2.73. The summed E-state index contributed by atoms with van der Waals surface area (Å²) in [6.07, 6.45) is 5.39. The number of imide groups is 3. The average Bonchev–Trinajstić information content (AvgIpc) is 2.57. The highest BCUT2D eigenvalue weighted by Gasteiger charge is 2.33. The Morgan fingerprint density at radius 2 is 1.72 bits per heavy atom. The summed E-state index contributed by atoms with van der Waals surface area (Å²) < 4.78 is 0. The van der Waals surface area contributed by atoms with Gasteiger partial charge >= 0.3 is 0 Å². The largest absolute Gasteiger partial charge is 0.274 e. The molecule has 0 unspecified atom stereocenters. The van der Waals surface area contributed by atoms with E-state index in [0.29, 0.717) is 0 Å². The molecule has 0 atom stereocenters. The van der Waals surface area contributed by atoms with Crippen molar-refractivity contribution < 1.29 is 14.4 Å². The van der Waals surface area contributed by atoms with Crippen LogP contribution in [0.2, 0.25) is 0 Å². The lowest BCUT2D eigenvalue weighted by Crippen LogP contribution is -2.34. The molecule has 1 rings (SSSR count). The van der Waals surface area contributed by atoms with Gasteiger partial charge in [0, 0.05) is 18.9 Å². The molecule has 4 nitrogen and oxygen atoms in total. The van der Waals surface area contributed by atoms with Gasteiger partial charge in [0.2, 0.25) is 11.8 Å². The van der Waals surface area contributed by atoms with Crippen molar-refractivity contribution in [2.24, 2.45) is 0 Å². The first kappa shape index (κ1) is 14.4. The minimum absolute atomic E-state index is 0.148. The van der Waals surface area contributed by atoms with Crippen molar-refractivity contribution in [3.05, 3.63) is 23.3 Å². The van der Waals surface area contributed by atoms with Crippen LogP contribution in [0.25, 0.3) is 0 Å². The highest BCUT2D eigenvalue weighted by atomic mass is 16.2. The van der Waals surface area contributed by atoms with Crippen molar-refractivity contribution in [2.75, 3.05) is 0 Å². The molecule has 0 radical (unpaired) electrons. The van der Waals surface area contributed by atoms with Crippen LogP contribution in [-0.2, 0) is 14.4 Å². The Morgan fingerprint density at radius 1 is 1.17 bits per heavy atom. The molecule has 0 spiro atoms. The Morgan fingerprint density at radius 3 is 2.22 bits per heavy atom. The zero-order valence-electron chi connectivity index (χ0n) is 11.2. The first-order valence-electron chi connectivity index (χ1n) is 6.12. The Kier molecular flexibility index (Phi) is 5.01. The molecule has 0 saturated carbocycles. The Bertz CT molecular complexity index is 412. The fraction of sp³-hybridized carbons (Fsp3) is 0.500. The van der Waals surface area contributed by atoms with E-state index in [1.54, 1.807) is 0 Å². The predicted molar refractivity (Wildman–Crippen MR) is 68.5 cm³/mol. The molecule has 98 valence electrons. The third kappa shape index (κ3) is 3.95. The van der Waals surface area contributed by atoms with Crippen LogP contribution in [0.15, 0.2) is 23.3 Å². The fourth-order valence-corrected chi connectivity index (χ4v) is 1.76. The van der Waals surface area contributed by atoms with E-state index in [9.17, 15) is 14.4 Å². The van der Waals surface area contributed by atoms with E-state index in [1.807, 2.05) is 20.8 Å². The van der Waals surface area contributed by atoms with E-state index in [-0.39, 0.29) is 12.8 Å². The molecule has 0 aromatic heterocycles. The summed E-state index contributed by atoms with van der Waals surface area (Å²) in [6, 6.07) is 0. The maximum Gasteiger partial charge on any atom is 0.259 e. The van der Waals surface area contributed by atoms with Gasteiger partial charge in [-0.3, -0.25) is 14.4 Å². The zero-order valence-corrected chi connectivity index (χ0v) is 11.2. The molecule has 1 fully saturated rings. The average molecular weight is 249 g/mol. The molecule has 1 heterocycles. The quantitative estimate of drug-likeness (QED) is 0.436. The van der Waals surface area contributed by atoms with E-state index in [0.717, 1.165) is 23.3 Å². The summed E-state index contributed by atoms with van der Waals surface area (Å²) in [5.41, 5.74) is 2.11. The first-order chi connectivity index (χ1) is 8.41. The number of hydrogen-bond acceptors (Lipinski definition) is 3. The SMILES string of the molecule is CC(C)=CCC/C(C)=C/C(=O)N1C(=O)CCC1=O. The van der Waals surface area contributed by atoms with E-state index < -0.39 is 17.7 Å². The van der Waals surface area contributed by atoms with Crippen molar-refractivity contribution in [2.45, 2.75) is 46.5 Å². The normalized spacial score (nSPS) is 16.2. The third-order valence-electron chi connectivity index (χ3n) is 2.73. The van der Waals surface area contributed by atoms with Gasteiger partial charge in [-0.1, -0.05) is 17.2 Å². The second-order valence-corrected chi connectivity index (χ2v) is 4.77. The maximum absolute atomic E-state index is 11.8. The van der Waals surface area contributed by atoms with Gasteiger partial charge in [0.1, 0.15) is 0 Å². The van der Waals surface area contributed by atoms with Crippen molar-refractivity contribution in [1.82, 2.24) is 4.90 Å². The van der Waals surface area contributed by atoms with Crippen LogP contribution < -0.4 is 0 Å². The molecule has 0 N–H and O–H groups in total. The predicted octanol–water partition coefficient (Wildman–Crippen LogP) is 2.35. The van der Waals surface area contributed by atoms with Crippen LogP contribution in [0, 0.1) is 0 Å². The molecule has 1 saturated heterocycles. The van der Waals surface area contributed by atoms with Gasteiger partial charge in [0.15, 0.2) is 0 Å². The van der Waals surface area contributed by atoms with Gasteiger partial charge in [0.05, 0.1) is 0 Å². The first-order valence-corrected chi connectivity index (χ1v) is 6.12. The van der Waals surface area contributed by atoms with Crippen LogP contribution in [0.5, 0.6) is 0 Å². The summed E-state index contributed by atoms with van der Waals surface area (Å²) in [5, 5.41) is 0. The summed E-state index contributed by atoms with van der Waals surface area (Å²) in [5.74, 6) is -1.28. The number of rotatable bonds is 4. The summed E-state index contributed by atoms with van der Waals surface area (Å²) in [6.45, 7) is 5.87. The number of amides is 3. The highest BCUT2D eigenvalue weighted by molar-refractivity contribution is 6.17. The van der Waals surface area contributed by atoms with Gasteiger partial charge in [0.25, 0.3) is 5.91 Å². The molecule has 1 aliphatic rings. The molecular formula is C14H19NO3. The molecule has 3 amide bonds. The number of allylic oxidation sites excluding steroid dienone is 3. The minimum Gasteiger partial charge on any atom is -0.274 e. The lowest BCUT2D eigenvalue weighted by atomic mass is 10.1. The van der Waals surface area contributed by atoms with Crippen LogP contribution in [0.1, 0.15) is 46.5 Å². The van der Waals surface area contributed by atoms with Crippen molar-refractivity contribution in [3.8, 4) is 0 Å². The highest BCUT2D eigenvalue weighted by Crippen LogP contribution is 2.14. The number of likely N-dealkylation sites (tertiary alicyclic amines) is 1. The van der Waals surface area contributed by atoms with Crippen molar-refractivity contribution in [3.63, 3.8) is 0 Å². The van der Waals surface area contributed by atoms with Crippen LogP contribution in [0.3, 0.4) is 0 Å². The molecule has 1 aliphatic heterocycles. The lowest BCUT2D eigenvalue weighted by Gasteiger charge is -2.09. The van der Waals surface area contributed by atoms with Crippen molar-refractivity contribution in [1.29, 1.82) is 0 Å². The Labute approximate surface area is 107 Å². The van der Waals surface area contributed by atoms with Gasteiger partial charge in [-0.2, -0.15) is 0 Å². The lowest BCUT2D eigenvalue weighted by molar-refractivity contribution is -0.146. The monoisotopic (exact) mass is 249 g/mol. The molecule has 0 aliphatic carbocycles. The second-order valence-electron chi connectivity index (χ2n) is 4.77. The molecular weight excluding hydrogens is 230 g/mol. The van der Waals surface area contributed by atoms with E-state index in [1.165, 1.54) is 11.6 Å². The summed E-state index contributed by atoms with van der Waals surface area (Å²) >= 11 is 0. The van der Waals surface area contributed by atoms with E-state index in [4.69, 9.17) is 0 Å². The van der Waals surface area contributed by atoms with Crippen LogP contribution in [0.4, 0.5) is 0 Å². The summed E-state index contributed by atoms with van der Waals surface area (Å²) in [4.78, 5) is 35.2. The standard InChI is InChI=1S/C14H19NO3/c1-10(2)5-4-6-11(3)9-14(18)15-12(16)7-8-13(15)17/h5,9H,4,6-8H2,1-3H3/b11-9+. The van der Waals surface area contributed by atoms with Gasteiger partial charge in [-0.05, 0) is 33.6 Å². The molecule has 18 heavy (non-hydrogen) atoms. The van der Waals surface area contributed by atoms with Gasteiger partial charge in [-0.15, -0.1) is 0 Å². The number of carbonyl (C=O) groups excluding carboxylic acids is 3. The van der Waals surface area contributed by atoms with E-state index in [2.05, 4.69) is 6.08 Å². The number of nitrogens with zero attached hydrogens (tertiary/aromatic N) is 1. The number of hydrogen-bond donors (Lipinski definition) is 0. The molecule has 0 aromatic carbocycles. The molecule has 4 heteroatoms. The molecule has 0 aromatic rings. The zero-order chi connectivity index (χ0) is 13.7. The molecule has 0 bridgehead atoms. The Balaban J connectivity index is 2.59. The van der Waals surface area contributed by atoms with Crippen LogP contribution in [-0.4, -0.2) is 22.6 Å². The number of carbonyl (C=O) groups is 3. The minimum atomic E-state index is -0.503. The summed E-state index contributed by atoms with van der Waals surface area (Å²) in [7, 11) is 0. The van der Waals surface area contributed by atoms with Gasteiger partial charge < -0.3 is 0 Å². The van der Waals surface area contributed by atoms with E-state index >= 15 is 0 Å². The topological polar surface area (TPSA) is 54.5 Å².